The van der Waals surface area contributed by atoms with E-state index in [1.807, 2.05) is 0 Å². The number of anilines is 1. The predicted molar refractivity (Wildman–Crippen MR) is 77.0 cm³/mol. The quantitative estimate of drug-likeness (QED) is 0.848. The summed E-state index contributed by atoms with van der Waals surface area (Å²) in [6.07, 6.45) is 0. The first-order chi connectivity index (χ1) is 9.20. The van der Waals surface area contributed by atoms with E-state index in [2.05, 4.69) is 5.32 Å². The molecule has 0 saturated heterocycles. The Morgan fingerprint density at radius 2 is 2.05 bits per heavy atom. The van der Waals surface area contributed by atoms with Gasteiger partial charge in [0.25, 0.3) is 0 Å². The van der Waals surface area contributed by atoms with Crippen molar-refractivity contribution >= 4 is 21.6 Å². The number of aryl methyl sites for hydroxylation is 1. The first-order valence-corrected chi connectivity index (χ1v) is 7.61. The van der Waals surface area contributed by atoms with Crippen LogP contribution in [-0.4, -0.2) is 43.4 Å². The molecule has 0 aliphatic carbocycles. The van der Waals surface area contributed by atoms with Crippen LogP contribution in [0.25, 0.3) is 0 Å². The number of hydrogen-bond acceptors (Lipinski definition) is 4. The van der Waals surface area contributed by atoms with Gasteiger partial charge in [0.15, 0.2) is 0 Å². The van der Waals surface area contributed by atoms with Gasteiger partial charge < -0.3 is 10.4 Å². The lowest BCUT2D eigenvalue weighted by atomic mass is 10.2. The van der Waals surface area contributed by atoms with Crippen LogP contribution in [0.4, 0.5) is 5.69 Å². The number of carbonyl (C=O) groups excluding carboxylic acids is 1. The lowest BCUT2D eigenvalue weighted by Crippen LogP contribution is -2.37. The van der Waals surface area contributed by atoms with Gasteiger partial charge >= 0.3 is 0 Å². The van der Waals surface area contributed by atoms with Crippen molar-refractivity contribution in [1.82, 2.24) is 4.31 Å². The maximum absolute atomic E-state index is 12.5. The molecule has 0 spiro atoms. The molecule has 1 rings (SSSR count). The normalized spacial score (nSPS) is 13.3. The van der Waals surface area contributed by atoms with Crippen molar-refractivity contribution in [3.8, 4) is 0 Å². The third-order valence-corrected chi connectivity index (χ3v) is 5.16. The Morgan fingerprint density at radius 3 is 2.55 bits per heavy atom. The van der Waals surface area contributed by atoms with E-state index >= 15 is 0 Å². The van der Waals surface area contributed by atoms with Crippen LogP contribution in [-0.2, 0) is 14.8 Å². The molecule has 6 nitrogen and oxygen atoms in total. The standard InChI is InChI=1S/C13H20N2O4S/c1-9-5-6-12(14-11(3)17)7-13(9)20(18,19)15(4)10(2)8-16/h5-7,10,16H,8H2,1-4H3,(H,14,17). The summed E-state index contributed by atoms with van der Waals surface area (Å²) >= 11 is 0. The molecule has 7 heteroatoms. The molecule has 0 bridgehead atoms. The predicted octanol–water partition coefficient (Wildman–Crippen LogP) is 0.955. The fourth-order valence-electron chi connectivity index (χ4n) is 1.67. The smallest absolute Gasteiger partial charge is 0.243 e. The van der Waals surface area contributed by atoms with Crippen molar-refractivity contribution in [1.29, 1.82) is 0 Å². The van der Waals surface area contributed by atoms with Crippen LogP contribution in [0.2, 0.25) is 0 Å². The molecule has 1 atom stereocenters. The molecule has 0 aliphatic heterocycles. The highest BCUT2D eigenvalue weighted by Crippen LogP contribution is 2.24. The molecule has 112 valence electrons. The van der Waals surface area contributed by atoms with Crippen molar-refractivity contribution < 1.29 is 18.3 Å². The maximum atomic E-state index is 12.5. The van der Waals surface area contributed by atoms with Crippen molar-refractivity contribution in [3.63, 3.8) is 0 Å². The van der Waals surface area contributed by atoms with Gasteiger partial charge in [-0.1, -0.05) is 6.07 Å². The second kappa shape index (κ2) is 6.34. The number of nitrogens with zero attached hydrogens (tertiary/aromatic N) is 1. The Balaban J connectivity index is 3.27. The molecule has 1 aromatic carbocycles. The van der Waals surface area contributed by atoms with Crippen LogP contribution in [0, 0.1) is 6.92 Å². The van der Waals surface area contributed by atoms with E-state index in [0.717, 1.165) is 4.31 Å². The molecule has 2 N–H and O–H groups in total. The molecule has 20 heavy (non-hydrogen) atoms. The minimum Gasteiger partial charge on any atom is -0.395 e. The molecule has 0 aliphatic rings. The molecule has 0 aromatic heterocycles. The van der Waals surface area contributed by atoms with Crippen molar-refractivity contribution in [2.45, 2.75) is 31.7 Å². The third kappa shape index (κ3) is 3.56. The van der Waals surface area contributed by atoms with Crippen molar-refractivity contribution in [2.75, 3.05) is 19.0 Å². The highest BCUT2D eigenvalue weighted by atomic mass is 32.2. The SMILES string of the molecule is CC(=O)Nc1ccc(C)c(S(=O)(=O)N(C)C(C)CO)c1. The monoisotopic (exact) mass is 300 g/mol. The number of amides is 1. The van der Waals surface area contributed by atoms with Gasteiger partial charge in [-0.25, -0.2) is 8.42 Å². The van der Waals surface area contributed by atoms with E-state index in [1.54, 1.807) is 26.0 Å². The highest BCUT2D eigenvalue weighted by Gasteiger charge is 2.26. The number of benzene rings is 1. The molecule has 1 amide bonds. The van der Waals surface area contributed by atoms with Crippen LogP contribution < -0.4 is 5.32 Å². The summed E-state index contributed by atoms with van der Waals surface area (Å²) in [7, 11) is -2.30. The average molecular weight is 300 g/mol. The molecule has 0 radical (unpaired) electrons. The zero-order valence-electron chi connectivity index (χ0n) is 12.0. The molecule has 0 heterocycles. The topological polar surface area (TPSA) is 86.7 Å². The summed E-state index contributed by atoms with van der Waals surface area (Å²) in [5.74, 6) is -0.269. The lowest BCUT2D eigenvalue weighted by molar-refractivity contribution is -0.114. The van der Waals surface area contributed by atoms with E-state index in [4.69, 9.17) is 5.11 Å². The molecular weight excluding hydrogens is 280 g/mol. The van der Waals surface area contributed by atoms with Gasteiger partial charge in [-0.2, -0.15) is 4.31 Å². The van der Waals surface area contributed by atoms with Crippen LogP contribution in [0.1, 0.15) is 19.4 Å². The first kappa shape index (κ1) is 16.6. The molecule has 0 fully saturated rings. The number of carbonyl (C=O) groups is 1. The Hall–Kier alpha value is -1.44. The highest BCUT2D eigenvalue weighted by molar-refractivity contribution is 7.89. The molecular formula is C13H20N2O4S. The summed E-state index contributed by atoms with van der Waals surface area (Å²) < 4.78 is 26.1. The Kier molecular flexibility index (Phi) is 5.27. The Morgan fingerprint density at radius 1 is 1.45 bits per heavy atom. The fraction of sp³-hybridized carbons (Fsp3) is 0.462. The van der Waals surface area contributed by atoms with Crippen LogP contribution in [0.15, 0.2) is 23.1 Å². The van der Waals surface area contributed by atoms with Crippen LogP contribution >= 0.6 is 0 Å². The average Bonchev–Trinajstić information content (AvgIpc) is 2.38. The fourth-order valence-corrected chi connectivity index (χ4v) is 3.27. The van der Waals surface area contributed by atoms with Gasteiger partial charge in [0.05, 0.1) is 11.5 Å². The van der Waals surface area contributed by atoms with Gasteiger partial charge in [0.1, 0.15) is 0 Å². The zero-order valence-corrected chi connectivity index (χ0v) is 12.9. The Bertz CT molecular complexity index is 598. The number of sulfonamides is 1. The Labute approximate surface area is 119 Å². The number of hydrogen-bond donors (Lipinski definition) is 2. The largest absolute Gasteiger partial charge is 0.395 e. The minimum atomic E-state index is -3.72. The minimum absolute atomic E-state index is 0.117. The van der Waals surface area contributed by atoms with Gasteiger partial charge in [0.2, 0.25) is 15.9 Å². The first-order valence-electron chi connectivity index (χ1n) is 6.17. The summed E-state index contributed by atoms with van der Waals surface area (Å²) in [5.41, 5.74) is 1.00. The van der Waals surface area contributed by atoms with E-state index in [-0.39, 0.29) is 17.4 Å². The third-order valence-electron chi connectivity index (χ3n) is 3.05. The number of aliphatic hydroxyl groups is 1. The van der Waals surface area contributed by atoms with E-state index in [0.29, 0.717) is 11.3 Å². The van der Waals surface area contributed by atoms with E-state index in [1.165, 1.54) is 20.0 Å². The van der Waals surface area contributed by atoms with Gasteiger partial charge in [-0.05, 0) is 31.5 Å². The van der Waals surface area contributed by atoms with Crippen molar-refractivity contribution in [3.05, 3.63) is 23.8 Å². The second-order valence-electron chi connectivity index (χ2n) is 4.71. The summed E-state index contributed by atoms with van der Waals surface area (Å²) in [6.45, 7) is 4.39. The zero-order chi connectivity index (χ0) is 15.5. The van der Waals surface area contributed by atoms with Crippen LogP contribution in [0.5, 0.6) is 0 Å². The molecule has 1 unspecified atom stereocenters. The lowest BCUT2D eigenvalue weighted by Gasteiger charge is -2.23. The van der Waals surface area contributed by atoms with Gasteiger partial charge in [0, 0.05) is 25.7 Å². The number of nitrogens with one attached hydrogen (secondary N) is 1. The van der Waals surface area contributed by atoms with Crippen LogP contribution in [0.3, 0.4) is 0 Å². The second-order valence-corrected chi connectivity index (χ2v) is 6.68. The summed E-state index contributed by atoms with van der Waals surface area (Å²) in [6, 6.07) is 4.18. The van der Waals surface area contributed by atoms with Gasteiger partial charge in [-0.3, -0.25) is 4.79 Å². The maximum Gasteiger partial charge on any atom is 0.243 e. The van der Waals surface area contributed by atoms with E-state index < -0.39 is 16.1 Å². The number of aliphatic hydroxyl groups excluding tert-OH is 1. The number of likely N-dealkylation sites (N-methyl/N-ethyl adjacent to an activating group) is 1. The van der Waals surface area contributed by atoms with E-state index in [9.17, 15) is 13.2 Å². The number of rotatable bonds is 5. The summed E-state index contributed by atoms with van der Waals surface area (Å²) in [5, 5.41) is 11.7. The summed E-state index contributed by atoms with van der Waals surface area (Å²) in [4.78, 5) is 11.2. The molecule has 1 aromatic rings. The van der Waals surface area contributed by atoms with Gasteiger partial charge in [-0.15, -0.1) is 0 Å². The molecule has 0 saturated carbocycles. The van der Waals surface area contributed by atoms with Crippen molar-refractivity contribution in [2.24, 2.45) is 0 Å².